The van der Waals surface area contributed by atoms with Gasteiger partial charge >= 0.3 is 12.1 Å². The summed E-state index contributed by atoms with van der Waals surface area (Å²) in [7, 11) is 0. The average Bonchev–Trinajstić information content (AvgIpc) is 3.38. The number of carboxylic acid groups (broad SMARTS) is 1. The van der Waals surface area contributed by atoms with Crippen molar-refractivity contribution in [1.82, 2.24) is 4.90 Å². The monoisotopic (exact) mass is 461 g/mol. The first-order valence-corrected chi connectivity index (χ1v) is 11.5. The van der Waals surface area contributed by atoms with E-state index in [9.17, 15) is 14.7 Å². The smallest absolute Gasteiger partial charge is 0.410 e. The maximum absolute atomic E-state index is 13.0. The highest BCUT2D eigenvalue weighted by Gasteiger charge is 2.43. The fourth-order valence-corrected chi connectivity index (χ4v) is 5.34. The van der Waals surface area contributed by atoms with E-state index in [0.717, 1.165) is 27.8 Å². The Morgan fingerprint density at radius 2 is 1.55 bits per heavy atom. The highest BCUT2D eigenvalue weighted by atomic mass is 35.5. The molecule has 33 heavy (non-hydrogen) atoms. The molecule has 2 unspecified atom stereocenters. The molecular weight excluding hydrogens is 438 g/mol. The zero-order valence-electron chi connectivity index (χ0n) is 18.0. The lowest BCUT2D eigenvalue weighted by molar-refractivity contribution is -0.143. The summed E-state index contributed by atoms with van der Waals surface area (Å²) in [5, 5.41) is 10.5. The predicted octanol–water partition coefficient (Wildman–Crippen LogP) is 5.61. The first kappa shape index (κ1) is 21.5. The van der Waals surface area contributed by atoms with Crippen molar-refractivity contribution in [3.8, 4) is 11.1 Å². The van der Waals surface area contributed by atoms with E-state index in [1.54, 1.807) is 12.1 Å². The number of benzene rings is 3. The van der Waals surface area contributed by atoms with E-state index in [1.807, 2.05) is 36.4 Å². The SMILES string of the molecule is O=C(O)C1C(Cc2ccc(Cl)cc2)CCN1C(=O)OCC1c2ccccc2-c2ccccc21. The molecule has 5 rings (SSSR count). The second kappa shape index (κ2) is 8.91. The molecule has 1 fully saturated rings. The van der Waals surface area contributed by atoms with E-state index in [1.165, 1.54) is 4.90 Å². The minimum Gasteiger partial charge on any atom is -0.480 e. The Labute approximate surface area is 197 Å². The Morgan fingerprint density at radius 3 is 2.15 bits per heavy atom. The van der Waals surface area contributed by atoms with E-state index < -0.39 is 18.1 Å². The Morgan fingerprint density at radius 1 is 0.939 bits per heavy atom. The normalized spacial score (nSPS) is 19.2. The van der Waals surface area contributed by atoms with Crippen molar-refractivity contribution in [2.45, 2.75) is 24.8 Å². The molecule has 168 valence electrons. The fraction of sp³-hybridized carbons (Fsp3) is 0.259. The van der Waals surface area contributed by atoms with Crippen molar-refractivity contribution >= 4 is 23.7 Å². The minimum absolute atomic E-state index is 0.0582. The van der Waals surface area contributed by atoms with Crippen molar-refractivity contribution in [1.29, 1.82) is 0 Å². The molecule has 1 N–H and O–H groups in total. The van der Waals surface area contributed by atoms with Crippen LogP contribution in [0, 0.1) is 5.92 Å². The fourth-order valence-electron chi connectivity index (χ4n) is 5.21. The Hall–Kier alpha value is -3.31. The van der Waals surface area contributed by atoms with Gasteiger partial charge in [0.2, 0.25) is 0 Å². The van der Waals surface area contributed by atoms with E-state index in [2.05, 4.69) is 24.3 Å². The summed E-state index contributed by atoms with van der Waals surface area (Å²) >= 11 is 5.96. The van der Waals surface area contributed by atoms with Gasteiger partial charge in [-0.25, -0.2) is 9.59 Å². The number of fused-ring (bicyclic) bond motifs is 3. The summed E-state index contributed by atoms with van der Waals surface area (Å²) in [4.78, 5) is 26.5. The lowest BCUT2D eigenvalue weighted by Gasteiger charge is -2.25. The zero-order valence-corrected chi connectivity index (χ0v) is 18.7. The van der Waals surface area contributed by atoms with Crippen molar-refractivity contribution < 1.29 is 19.4 Å². The number of amides is 1. The number of nitrogens with zero attached hydrogens (tertiary/aromatic N) is 1. The number of aliphatic carboxylic acids is 1. The van der Waals surface area contributed by atoms with Crippen LogP contribution in [0.1, 0.15) is 29.0 Å². The highest BCUT2D eigenvalue weighted by molar-refractivity contribution is 6.30. The summed E-state index contributed by atoms with van der Waals surface area (Å²) in [6.07, 6.45) is 0.619. The summed E-state index contributed by atoms with van der Waals surface area (Å²) in [6.45, 7) is 0.545. The molecule has 0 radical (unpaired) electrons. The lowest BCUT2D eigenvalue weighted by Crippen LogP contribution is -2.44. The highest BCUT2D eigenvalue weighted by Crippen LogP contribution is 2.44. The van der Waals surface area contributed by atoms with Crippen molar-refractivity contribution in [2.75, 3.05) is 13.2 Å². The van der Waals surface area contributed by atoms with Gasteiger partial charge in [0.05, 0.1) is 0 Å². The van der Waals surface area contributed by atoms with Crippen LogP contribution in [-0.4, -0.2) is 41.3 Å². The van der Waals surface area contributed by atoms with Crippen LogP contribution in [0.15, 0.2) is 72.8 Å². The number of rotatable bonds is 5. The predicted molar refractivity (Wildman–Crippen MR) is 126 cm³/mol. The number of carboxylic acids is 1. The number of carbonyl (C=O) groups is 2. The lowest BCUT2D eigenvalue weighted by atomic mass is 9.92. The number of hydrogen-bond donors (Lipinski definition) is 1. The standard InChI is InChI=1S/C27H24ClNO4/c28-19-11-9-17(10-12-19)15-18-13-14-29(25(18)26(30)31)27(32)33-16-24-22-7-3-1-5-20(22)21-6-2-4-8-23(21)24/h1-12,18,24-25H,13-16H2,(H,30,31). The Balaban J connectivity index is 1.30. The molecule has 0 aromatic heterocycles. The van der Waals surface area contributed by atoms with Gasteiger partial charge in [0.15, 0.2) is 0 Å². The third kappa shape index (κ3) is 4.09. The molecule has 3 aromatic rings. The molecule has 1 aliphatic carbocycles. The van der Waals surface area contributed by atoms with Crippen LogP contribution in [0.4, 0.5) is 4.79 Å². The largest absolute Gasteiger partial charge is 0.480 e. The molecule has 1 saturated heterocycles. The van der Waals surface area contributed by atoms with E-state index in [4.69, 9.17) is 16.3 Å². The molecule has 1 heterocycles. The quantitative estimate of drug-likeness (QED) is 0.536. The topological polar surface area (TPSA) is 66.8 Å². The molecule has 6 heteroatoms. The number of ether oxygens (including phenoxy) is 1. The molecule has 0 spiro atoms. The first-order chi connectivity index (χ1) is 16.0. The summed E-state index contributed by atoms with van der Waals surface area (Å²) < 4.78 is 5.72. The van der Waals surface area contributed by atoms with Crippen LogP contribution in [-0.2, 0) is 16.0 Å². The van der Waals surface area contributed by atoms with Crippen molar-refractivity contribution in [3.63, 3.8) is 0 Å². The summed E-state index contributed by atoms with van der Waals surface area (Å²) in [5.41, 5.74) is 5.57. The van der Waals surface area contributed by atoms with Crippen LogP contribution < -0.4 is 0 Å². The van der Waals surface area contributed by atoms with Gasteiger partial charge in [0.25, 0.3) is 0 Å². The third-order valence-corrected chi connectivity index (χ3v) is 7.01. The van der Waals surface area contributed by atoms with Crippen molar-refractivity contribution in [3.05, 3.63) is 94.5 Å². The van der Waals surface area contributed by atoms with Crippen LogP contribution in [0.2, 0.25) is 5.02 Å². The average molecular weight is 462 g/mol. The maximum atomic E-state index is 13.0. The molecular formula is C27H24ClNO4. The third-order valence-electron chi connectivity index (χ3n) is 6.76. The number of carbonyl (C=O) groups excluding carboxylic acids is 1. The summed E-state index contributed by atoms with van der Waals surface area (Å²) in [5.74, 6) is -1.23. The van der Waals surface area contributed by atoms with Crippen LogP contribution in [0.3, 0.4) is 0 Å². The summed E-state index contributed by atoms with van der Waals surface area (Å²) in [6, 6.07) is 22.8. The molecule has 2 aliphatic rings. The molecule has 2 atom stereocenters. The van der Waals surface area contributed by atoms with E-state index >= 15 is 0 Å². The van der Waals surface area contributed by atoms with Gasteiger partial charge in [-0.1, -0.05) is 72.3 Å². The van der Waals surface area contributed by atoms with Gasteiger partial charge in [-0.2, -0.15) is 0 Å². The van der Waals surface area contributed by atoms with Gasteiger partial charge in [0, 0.05) is 17.5 Å². The molecule has 1 aliphatic heterocycles. The van der Waals surface area contributed by atoms with Gasteiger partial charge in [-0.05, 0) is 58.7 Å². The zero-order chi connectivity index (χ0) is 22.9. The molecule has 3 aromatic carbocycles. The van der Waals surface area contributed by atoms with Crippen molar-refractivity contribution in [2.24, 2.45) is 5.92 Å². The van der Waals surface area contributed by atoms with Crippen LogP contribution in [0.25, 0.3) is 11.1 Å². The van der Waals surface area contributed by atoms with Gasteiger partial charge in [-0.3, -0.25) is 4.90 Å². The van der Waals surface area contributed by atoms with Gasteiger partial charge in [0.1, 0.15) is 12.6 Å². The van der Waals surface area contributed by atoms with Gasteiger partial charge < -0.3 is 9.84 Å². The second-order valence-corrected chi connectivity index (χ2v) is 9.10. The second-order valence-electron chi connectivity index (χ2n) is 8.66. The first-order valence-electron chi connectivity index (χ1n) is 11.1. The van der Waals surface area contributed by atoms with Crippen LogP contribution >= 0.6 is 11.6 Å². The molecule has 1 amide bonds. The van der Waals surface area contributed by atoms with E-state index in [0.29, 0.717) is 24.4 Å². The number of hydrogen-bond acceptors (Lipinski definition) is 3. The Kier molecular flexibility index (Phi) is 5.81. The molecule has 0 saturated carbocycles. The van der Waals surface area contributed by atoms with E-state index in [-0.39, 0.29) is 18.4 Å². The minimum atomic E-state index is -1.00. The van der Waals surface area contributed by atoms with Gasteiger partial charge in [-0.15, -0.1) is 0 Å². The maximum Gasteiger partial charge on any atom is 0.410 e. The number of likely N-dealkylation sites (tertiary alicyclic amines) is 1. The van der Waals surface area contributed by atoms with Crippen LogP contribution in [0.5, 0.6) is 0 Å². The Bertz CT molecular complexity index is 1150. The molecule has 5 nitrogen and oxygen atoms in total. The number of halogens is 1. The molecule has 0 bridgehead atoms.